The van der Waals surface area contributed by atoms with Gasteiger partial charge in [-0.3, -0.25) is 9.69 Å². The summed E-state index contributed by atoms with van der Waals surface area (Å²) in [5, 5.41) is 3.15. The Kier molecular flexibility index (Phi) is 6.07. The Hall–Kier alpha value is -1.79. The number of nitrogens with zero attached hydrogens (tertiary/aromatic N) is 3. The molecule has 0 radical (unpaired) electrons. The summed E-state index contributed by atoms with van der Waals surface area (Å²) in [5.74, 6) is 0.510. The number of hydrogen-bond acceptors (Lipinski definition) is 4. The van der Waals surface area contributed by atoms with Crippen LogP contribution in [0.15, 0.2) is 47.9 Å². The lowest BCUT2D eigenvalue weighted by Crippen LogP contribution is -2.37. The molecule has 1 aliphatic heterocycles. The number of rotatable bonds is 8. The highest BCUT2D eigenvalue weighted by molar-refractivity contribution is 7.98. The molecule has 6 heteroatoms. The Morgan fingerprint density at radius 1 is 1.29 bits per heavy atom. The number of likely N-dealkylation sites (tertiary alicyclic amines) is 1. The van der Waals surface area contributed by atoms with Crippen molar-refractivity contribution in [2.75, 3.05) is 25.9 Å². The van der Waals surface area contributed by atoms with Crippen molar-refractivity contribution in [3.8, 4) is 0 Å². The van der Waals surface area contributed by atoms with Crippen molar-refractivity contribution >= 4 is 17.7 Å². The summed E-state index contributed by atoms with van der Waals surface area (Å²) in [5.41, 5.74) is 1.67. The molecule has 0 bridgehead atoms. The van der Waals surface area contributed by atoms with E-state index < -0.39 is 0 Å². The minimum absolute atomic E-state index is 0.240. The van der Waals surface area contributed by atoms with Crippen LogP contribution >= 0.6 is 11.8 Å². The number of carbonyl (C=O) groups excluding carboxylic acids is 1. The van der Waals surface area contributed by atoms with Crippen molar-refractivity contribution < 1.29 is 4.79 Å². The average Bonchev–Trinajstić information content (AvgIpc) is 3.17. The van der Waals surface area contributed by atoms with E-state index in [1.165, 1.54) is 10.5 Å². The molecule has 2 fully saturated rings. The van der Waals surface area contributed by atoms with Crippen LogP contribution in [-0.2, 0) is 17.9 Å². The summed E-state index contributed by atoms with van der Waals surface area (Å²) >= 11 is 1.79. The fourth-order valence-electron chi connectivity index (χ4n) is 4.43. The average molecular weight is 399 g/mol. The molecular weight excluding hydrogens is 368 g/mol. The number of carbonyl (C=O) groups is 1. The van der Waals surface area contributed by atoms with Crippen LogP contribution in [0.3, 0.4) is 0 Å². The normalized spacial score (nSPS) is 21.0. The third kappa shape index (κ3) is 4.61. The fourth-order valence-corrected chi connectivity index (χ4v) is 4.84. The van der Waals surface area contributed by atoms with E-state index in [0.717, 1.165) is 58.4 Å². The molecule has 28 heavy (non-hydrogen) atoms. The first-order chi connectivity index (χ1) is 13.7. The van der Waals surface area contributed by atoms with E-state index in [9.17, 15) is 4.79 Å². The van der Waals surface area contributed by atoms with Gasteiger partial charge in [-0.1, -0.05) is 12.1 Å². The van der Waals surface area contributed by atoms with Gasteiger partial charge in [0.2, 0.25) is 5.91 Å². The largest absolute Gasteiger partial charge is 0.356 e. The van der Waals surface area contributed by atoms with Crippen molar-refractivity contribution in [3.63, 3.8) is 0 Å². The SMILES string of the molecule is CSc1ccc(CN2CCC3(CC2)CC3C(=O)NCCCn2ccnc2)cc1. The first-order valence-corrected chi connectivity index (χ1v) is 11.5. The zero-order valence-corrected chi connectivity index (χ0v) is 17.5. The van der Waals surface area contributed by atoms with Gasteiger partial charge in [-0.2, -0.15) is 0 Å². The summed E-state index contributed by atoms with van der Waals surface area (Å²) in [6.45, 7) is 4.89. The van der Waals surface area contributed by atoms with Crippen LogP contribution in [0.2, 0.25) is 0 Å². The number of nitrogens with one attached hydrogen (secondary N) is 1. The van der Waals surface area contributed by atoms with Crippen LogP contribution < -0.4 is 5.32 Å². The number of thioether (sulfide) groups is 1. The standard InChI is InChI=1S/C22H30N4OS/c1-28-19-5-3-18(4-6-19)16-25-12-7-22(8-13-25)15-20(22)21(27)24-9-2-11-26-14-10-23-17-26/h3-6,10,14,17,20H,2,7-9,11-13,15-16H2,1H3,(H,24,27). The molecule has 1 N–H and O–H groups in total. The van der Waals surface area contributed by atoms with Crippen LogP contribution in [0, 0.1) is 11.3 Å². The number of aryl methyl sites for hydroxylation is 1. The van der Waals surface area contributed by atoms with Gasteiger partial charge in [0.15, 0.2) is 0 Å². The Balaban J connectivity index is 1.17. The minimum atomic E-state index is 0.240. The van der Waals surface area contributed by atoms with Gasteiger partial charge in [0.05, 0.1) is 6.33 Å². The maximum absolute atomic E-state index is 12.5. The monoisotopic (exact) mass is 398 g/mol. The molecule has 2 heterocycles. The van der Waals surface area contributed by atoms with Gasteiger partial charge in [0.1, 0.15) is 0 Å². The molecule has 1 spiro atoms. The number of aromatic nitrogens is 2. The molecule has 5 nitrogen and oxygen atoms in total. The predicted octanol–water partition coefficient (Wildman–Crippen LogP) is 3.41. The number of hydrogen-bond donors (Lipinski definition) is 1. The molecule has 1 atom stereocenters. The molecule has 1 aliphatic carbocycles. The van der Waals surface area contributed by atoms with Gasteiger partial charge >= 0.3 is 0 Å². The van der Waals surface area contributed by atoms with E-state index in [1.54, 1.807) is 18.0 Å². The number of piperidine rings is 1. The highest BCUT2D eigenvalue weighted by Crippen LogP contribution is 2.59. The van der Waals surface area contributed by atoms with Crippen LogP contribution in [0.4, 0.5) is 0 Å². The van der Waals surface area contributed by atoms with Crippen LogP contribution in [0.5, 0.6) is 0 Å². The molecule has 2 aliphatic rings. The smallest absolute Gasteiger partial charge is 0.223 e. The molecule has 150 valence electrons. The summed E-state index contributed by atoms with van der Waals surface area (Å²) in [6, 6.07) is 8.90. The van der Waals surface area contributed by atoms with E-state index in [-0.39, 0.29) is 17.2 Å². The zero-order chi connectivity index (χ0) is 19.4. The lowest BCUT2D eigenvalue weighted by Gasteiger charge is -2.32. The van der Waals surface area contributed by atoms with Crippen LogP contribution in [-0.4, -0.2) is 46.2 Å². The van der Waals surface area contributed by atoms with E-state index in [0.29, 0.717) is 0 Å². The first-order valence-electron chi connectivity index (χ1n) is 10.3. The van der Waals surface area contributed by atoms with Crippen LogP contribution in [0.1, 0.15) is 31.2 Å². The zero-order valence-electron chi connectivity index (χ0n) is 16.6. The Morgan fingerprint density at radius 2 is 2.07 bits per heavy atom. The molecule has 1 saturated heterocycles. The van der Waals surface area contributed by atoms with Gasteiger partial charge in [0.25, 0.3) is 0 Å². The Bertz CT molecular complexity index is 766. The Labute approximate surface area is 171 Å². The lowest BCUT2D eigenvalue weighted by molar-refractivity contribution is -0.123. The third-order valence-electron chi connectivity index (χ3n) is 6.37. The second-order valence-corrected chi connectivity index (χ2v) is 9.07. The van der Waals surface area contributed by atoms with Crippen molar-refractivity contribution in [1.82, 2.24) is 19.8 Å². The number of imidazole rings is 1. The van der Waals surface area contributed by atoms with E-state index in [1.807, 2.05) is 12.5 Å². The van der Waals surface area contributed by atoms with Gasteiger partial charge in [-0.05, 0) is 68.1 Å². The van der Waals surface area contributed by atoms with E-state index >= 15 is 0 Å². The van der Waals surface area contributed by atoms with Gasteiger partial charge in [0, 0.05) is 42.8 Å². The number of amides is 1. The highest BCUT2D eigenvalue weighted by atomic mass is 32.2. The summed E-state index contributed by atoms with van der Waals surface area (Å²) in [6.07, 6.45) is 12.0. The van der Waals surface area contributed by atoms with E-state index in [2.05, 4.69) is 50.3 Å². The minimum Gasteiger partial charge on any atom is -0.356 e. The summed E-state index contributed by atoms with van der Waals surface area (Å²) < 4.78 is 2.05. The predicted molar refractivity (Wildman–Crippen MR) is 113 cm³/mol. The van der Waals surface area contributed by atoms with Crippen molar-refractivity contribution in [1.29, 1.82) is 0 Å². The molecule has 4 rings (SSSR count). The topological polar surface area (TPSA) is 50.2 Å². The van der Waals surface area contributed by atoms with Gasteiger partial charge < -0.3 is 9.88 Å². The first kappa shape index (κ1) is 19.5. The maximum Gasteiger partial charge on any atom is 0.223 e. The summed E-state index contributed by atoms with van der Waals surface area (Å²) in [7, 11) is 0. The summed E-state index contributed by atoms with van der Waals surface area (Å²) in [4.78, 5) is 20.4. The van der Waals surface area contributed by atoms with Crippen molar-refractivity contribution in [3.05, 3.63) is 48.5 Å². The van der Waals surface area contributed by atoms with Crippen molar-refractivity contribution in [2.24, 2.45) is 11.3 Å². The maximum atomic E-state index is 12.5. The Morgan fingerprint density at radius 3 is 2.75 bits per heavy atom. The molecule has 1 unspecified atom stereocenters. The molecule has 1 amide bonds. The quantitative estimate of drug-likeness (QED) is 0.547. The molecular formula is C22H30N4OS. The van der Waals surface area contributed by atoms with E-state index in [4.69, 9.17) is 0 Å². The van der Waals surface area contributed by atoms with Gasteiger partial charge in [-0.15, -0.1) is 11.8 Å². The third-order valence-corrected chi connectivity index (χ3v) is 7.12. The number of benzene rings is 1. The van der Waals surface area contributed by atoms with Crippen LogP contribution in [0.25, 0.3) is 0 Å². The highest BCUT2D eigenvalue weighted by Gasteiger charge is 2.58. The molecule has 1 saturated carbocycles. The second-order valence-electron chi connectivity index (χ2n) is 8.19. The second kappa shape index (κ2) is 8.70. The molecule has 2 aromatic rings. The molecule has 1 aromatic heterocycles. The molecule has 1 aromatic carbocycles. The van der Waals surface area contributed by atoms with Crippen molar-refractivity contribution in [2.45, 2.75) is 43.7 Å². The van der Waals surface area contributed by atoms with Gasteiger partial charge in [-0.25, -0.2) is 4.98 Å². The lowest BCUT2D eigenvalue weighted by atomic mass is 9.90. The fraction of sp³-hybridized carbons (Fsp3) is 0.545.